The van der Waals surface area contributed by atoms with E-state index in [-0.39, 0.29) is 0 Å². The lowest BCUT2D eigenvalue weighted by Gasteiger charge is -2.14. The van der Waals surface area contributed by atoms with E-state index in [4.69, 9.17) is 18.9 Å². The summed E-state index contributed by atoms with van der Waals surface area (Å²) in [4.78, 5) is 0. The van der Waals surface area contributed by atoms with Crippen molar-refractivity contribution in [3.8, 4) is 23.0 Å². The average molecular weight is 649 g/mol. The van der Waals surface area contributed by atoms with E-state index in [1.807, 2.05) is 0 Å². The minimum atomic E-state index is 0.997. The van der Waals surface area contributed by atoms with Crippen molar-refractivity contribution in [3.63, 3.8) is 0 Å². The summed E-state index contributed by atoms with van der Waals surface area (Å²) >= 11 is 0. The number of fused-ring (bicyclic) bond motifs is 8. The van der Waals surface area contributed by atoms with Gasteiger partial charge in [-0.3, -0.25) is 0 Å². The molecule has 0 amide bonds. The maximum absolute atomic E-state index is 5.77. The summed E-state index contributed by atoms with van der Waals surface area (Å²) < 4.78 is 23.1. The zero-order valence-corrected chi connectivity index (χ0v) is 29.9. The standard InChI is InChI=1S/C44H56O4/c1-45-41-25-21-33-13-7-5-8-14-35-23-27-43(47-3)39(31-35)19-12-20-40-32-36(24-28-44(40)48-4)16-10-6-9-15-34-22-26-42(46-2)38(30-34)18-11-17-37(41)29-33/h21-32H,5-20H2,1-4H3. The van der Waals surface area contributed by atoms with Crippen molar-refractivity contribution in [3.05, 3.63) is 117 Å². The third kappa shape index (κ3) is 10.0. The highest BCUT2D eigenvalue weighted by molar-refractivity contribution is 5.41. The first-order chi connectivity index (χ1) is 23.6. The van der Waals surface area contributed by atoms with E-state index in [9.17, 15) is 0 Å². The van der Waals surface area contributed by atoms with Gasteiger partial charge in [0, 0.05) is 0 Å². The summed E-state index contributed by atoms with van der Waals surface area (Å²) in [6, 6.07) is 27.1. The maximum atomic E-state index is 5.77. The Labute approximate surface area is 289 Å². The molecule has 4 aromatic carbocycles. The van der Waals surface area contributed by atoms with E-state index >= 15 is 0 Å². The first kappa shape index (κ1) is 35.4. The van der Waals surface area contributed by atoms with Crippen LogP contribution in [0.1, 0.15) is 95.9 Å². The lowest BCUT2D eigenvalue weighted by molar-refractivity contribution is 0.406. The fourth-order valence-corrected chi connectivity index (χ4v) is 7.34. The fourth-order valence-electron chi connectivity index (χ4n) is 7.34. The Morgan fingerprint density at radius 1 is 0.292 bits per heavy atom. The minimum absolute atomic E-state index is 0.997. The zero-order chi connectivity index (χ0) is 33.6. The molecule has 1 aliphatic carbocycles. The van der Waals surface area contributed by atoms with Crippen molar-refractivity contribution < 1.29 is 18.9 Å². The highest BCUT2D eigenvalue weighted by atomic mass is 16.5. The Balaban J connectivity index is 1.31. The van der Waals surface area contributed by atoms with Crippen molar-refractivity contribution >= 4 is 0 Å². The number of hydrogen-bond donors (Lipinski definition) is 0. The molecular formula is C44H56O4. The normalized spacial score (nSPS) is 15.4. The third-order valence-corrected chi connectivity index (χ3v) is 10.0. The van der Waals surface area contributed by atoms with E-state index in [1.54, 1.807) is 28.4 Å². The molecule has 256 valence electrons. The summed E-state index contributed by atoms with van der Waals surface area (Å²) in [6.45, 7) is 0. The van der Waals surface area contributed by atoms with Gasteiger partial charge in [-0.25, -0.2) is 0 Å². The van der Waals surface area contributed by atoms with Crippen molar-refractivity contribution in [1.29, 1.82) is 0 Å². The molecule has 0 saturated carbocycles. The van der Waals surface area contributed by atoms with E-state index in [1.165, 1.54) is 83.0 Å². The minimum Gasteiger partial charge on any atom is -0.496 e. The van der Waals surface area contributed by atoms with Crippen LogP contribution in [0.2, 0.25) is 0 Å². The van der Waals surface area contributed by atoms with Gasteiger partial charge in [-0.05, 0) is 159 Å². The molecular weight excluding hydrogens is 592 g/mol. The number of hydrogen-bond acceptors (Lipinski definition) is 4. The van der Waals surface area contributed by atoms with Gasteiger partial charge in [0.25, 0.3) is 0 Å². The topological polar surface area (TPSA) is 36.9 Å². The Morgan fingerprint density at radius 3 is 0.771 bits per heavy atom. The molecule has 4 aromatic rings. The van der Waals surface area contributed by atoms with E-state index in [2.05, 4.69) is 72.8 Å². The van der Waals surface area contributed by atoms with Crippen LogP contribution < -0.4 is 18.9 Å². The van der Waals surface area contributed by atoms with Gasteiger partial charge in [0.05, 0.1) is 28.4 Å². The van der Waals surface area contributed by atoms with Gasteiger partial charge in [0.1, 0.15) is 23.0 Å². The molecule has 8 bridgehead atoms. The smallest absolute Gasteiger partial charge is 0.122 e. The van der Waals surface area contributed by atoms with E-state index < -0.39 is 0 Å². The van der Waals surface area contributed by atoms with Crippen molar-refractivity contribution in [2.75, 3.05) is 28.4 Å². The molecule has 0 heterocycles. The Morgan fingerprint density at radius 2 is 0.542 bits per heavy atom. The van der Waals surface area contributed by atoms with Crippen LogP contribution in [0.25, 0.3) is 0 Å². The van der Waals surface area contributed by atoms with Crippen LogP contribution in [-0.4, -0.2) is 28.4 Å². The molecule has 4 heteroatoms. The van der Waals surface area contributed by atoms with Crippen LogP contribution >= 0.6 is 0 Å². The molecule has 1 aliphatic rings. The first-order valence-electron chi connectivity index (χ1n) is 18.2. The summed E-state index contributed by atoms with van der Waals surface area (Å²) in [5.74, 6) is 4.00. The quantitative estimate of drug-likeness (QED) is 0.221. The molecule has 0 N–H and O–H groups in total. The summed E-state index contributed by atoms with van der Waals surface area (Å²) in [6.07, 6.45) is 17.7. The van der Waals surface area contributed by atoms with Crippen LogP contribution in [-0.2, 0) is 51.4 Å². The number of methoxy groups -OCH3 is 4. The van der Waals surface area contributed by atoms with Crippen LogP contribution in [0, 0.1) is 0 Å². The average Bonchev–Trinajstić information content (AvgIpc) is 3.11. The van der Waals surface area contributed by atoms with Crippen LogP contribution in [0.3, 0.4) is 0 Å². The number of benzene rings is 4. The third-order valence-electron chi connectivity index (χ3n) is 10.0. The second-order valence-electron chi connectivity index (χ2n) is 13.4. The predicted octanol–water partition coefficient (Wildman–Crippen LogP) is 10.3. The highest BCUT2D eigenvalue weighted by Crippen LogP contribution is 2.29. The van der Waals surface area contributed by atoms with Crippen molar-refractivity contribution in [2.45, 2.75) is 103 Å². The molecule has 0 radical (unpaired) electrons. The lowest BCUT2D eigenvalue weighted by atomic mass is 9.95. The van der Waals surface area contributed by atoms with Gasteiger partial charge in [0.15, 0.2) is 0 Å². The fraction of sp³-hybridized carbons (Fsp3) is 0.455. The maximum Gasteiger partial charge on any atom is 0.122 e. The van der Waals surface area contributed by atoms with Crippen molar-refractivity contribution in [2.24, 2.45) is 0 Å². The van der Waals surface area contributed by atoms with Gasteiger partial charge in [-0.15, -0.1) is 0 Å². The largest absolute Gasteiger partial charge is 0.496 e. The summed E-state index contributed by atoms with van der Waals surface area (Å²) in [7, 11) is 7.15. The zero-order valence-electron chi connectivity index (χ0n) is 29.9. The second-order valence-corrected chi connectivity index (χ2v) is 13.4. The number of aryl methyl sites for hydroxylation is 8. The monoisotopic (exact) mass is 648 g/mol. The molecule has 0 fully saturated rings. The van der Waals surface area contributed by atoms with Crippen molar-refractivity contribution in [1.82, 2.24) is 0 Å². The Kier molecular flexibility index (Phi) is 13.7. The van der Waals surface area contributed by atoms with Crippen LogP contribution in [0.4, 0.5) is 0 Å². The summed E-state index contributed by atoms with van der Waals surface area (Å²) in [5, 5.41) is 0. The summed E-state index contributed by atoms with van der Waals surface area (Å²) in [5.41, 5.74) is 10.9. The SMILES string of the molecule is COc1ccc2cc1CCCc1cc(ccc1OC)CCCCCc1ccc(OC)c(c1)CCCc1cc(ccc1OC)CCCCC2. The molecule has 0 spiro atoms. The predicted molar refractivity (Wildman–Crippen MR) is 199 cm³/mol. The van der Waals surface area contributed by atoms with Gasteiger partial charge in [-0.2, -0.15) is 0 Å². The van der Waals surface area contributed by atoms with Gasteiger partial charge in [-0.1, -0.05) is 61.4 Å². The molecule has 0 atom stereocenters. The molecule has 0 aliphatic heterocycles. The van der Waals surface area contributed by atoms with Crippen LogP contribution in [0.15, 0.2) is 72.8 Å². The second kappa shape index (κ2) is 18.6. The number of rotatable bonds is 4. The molecule has 0 aromatic heterocycles. The van der Waals surface area contributed by atoms with Gasteiger partial charge < -0.3 is 18.9 Å². The lowest BCUT2D eigenvalue weighted by Crippen LogP contribution is -2.00. The van der Waals surface area contributed by atoms with Gasteiger partial charge in [0.2, 0.25) is 0 Å². The molecule has 48 heavy (non-hydrogen) atoms. The number of ether oxygens (including phenoxy) is 4. The van der Waals surface area contributed by atoms with E-state index in [0.717, 1.165) is 87.2 Å². The van der Waals surface area contributed by atoms with Gasteiger partial charge >= 0.3 is 0 Å². The molecule has 5 rings (SSSR count). The molecule has 4 nitrogen and oxygen atoms in total. The highest BCUT2D eigenvalue weighted by Gasteiger charge is 2.11. The molecule has 0 unspecified atom stereocenters. The van der Waals surface area contributed by atoms with E-state index in [0.29, 0.717) is 0 Å². The van der Waals surface area contributed by atoms with Crippen LogP contribution in [0.5, 0.6) is 23.0 Å². The molecule has 0 saturated heterocycles. The Hall–Kier alpha value is -3.92. The first-order valence-corrected chi connectivity index (χ1v) is 18.2. The Bertz CT molecular complexity index is 1360.